The van der Waals surface area contributed by atoms with Gasteiger partial charge in [0, 0.05) is 24.1 Å². The van der Waals surface area contributed by atoms with Gasteiger partial charge in [-0.2, -0.15) is 0 Å². The van der Waals surface area contributed by atoms with Crippen molar-refractivity contribution in [1.82, 2.24) is 4.90 Å². The van der Waals surface area contributed by atoms with E-state index in [1.165, 1.54) is 12.8 Å². The molecule has 0 N–H and O–H groups in total. The lowest BCUT2D eigenvalue weighted by Gasteiger charge is -2.32. The highest BCUT2D eigenvalue weighted by Crippen LogP contribution is 2.36. The summed E-state index contributed by atoms with van der Waals surface area (Å²) in [5, 5.41) is 0. The van der Waals surface area contributed by atoms with Gasteiger partial charge >= 0.3 is 11.9 Å². The van der Waals surface area contributed by atoms with Crippen LogP contribution in [0.15, 0.2) is 11.6 Å². The van der Waals surface area contributed by atoms with Crippen molar-refractivity contribution in [2.75, 3.05) is 7.05 Å². The molecule has 0 spiro atoms. The molecule has 2 saturated heterocycles. The Morgan fingerprint density at radius 1 is 1.27 bits per heavy atom. The van der Waals surface area contributed by atoms with Gasteiger partial charge in [-0.15, -0.1) is 0 Å². The summed E-state index contributed by atoms with van der Waals surface area (Å²) in [5.74, 6) is -0.942. The molecule has 0 aromatic heterocycles. The summed E-state index contributed by atoms with van der Waals surface area (Å²) >= 11 is 0. The van der Waals surface area contributed by atoms with E-state index < -0.39 is 17.5 Å². The maximum atomic E-state index is 12.4. The van der Waals surface area contributed by atoms with Crippen LogP contribution in [0.3, 0.4) is 0 Å². The van der Waals surface area contributed by atoms with Crippen LogP contribution in [0.25, 0.3) is 0 Å². The number of hydrogen-bond donors (Lipinski definition) is 0. The molecular formula is C17H27NO4. The van der Waals surface area contributed by atoms with E-state index in [1.807, 2.05) is 0 Å². The van der Waals surface area contributed by atoms with Crippen LogP contribution in [0.5, 0.6) is 0 Å². The lowest BCUT2D eigenvalue weighted by molar-refractivity contribution is -0.181. The number of hydrogen-bond acceptors (Lipinski definition) is 5. The van der Waals surface area contributed by atoms with E-state index in [4.69, 9.17) is 9.47 Å². The minimum Gasteiger partial charge on any atom is -0.458 e. The Morgan fingerprint density at radius 3 is 2.55 bits per heavy atom. The zero-order valence-corrected chi connectivity index (χ0v) is 14.2. The van der Waals surface area contributed by atoms with E-state index in [9.17, 15) is 9.59 Å². The van der Waals surface area contributed by atoms with Crippen molar-refractivity contribution in [3.8, 4) is 0 Å². The summed E-state index contributed by atoms with van der Waals surface area (Å²) in [4.78, 5) is 26.6. The number of allylic oxidation sites excluding steroid dienone is 1. The molecule has 2 heterocycles. The Labute approximate surface area is 132 Å². The first-order chi connectivity index (χ1) is 10.3. The Kier molecular flexibility index (Phi) is 4.95. The number of fused-ring (bicyclic) bond motifs is 2. The quantitative estimate of drug-likeness (QED) is 0.590. The van der Waals surface area contributed by atoms with E-state index in [1.54, 1.807) is 33.8 Å². The highest BCUT2D eigenvalue weighted by Gasteiger charge is 2.45. The fraction of sp³-hybridized carbons (Fsp3) is 0.765. The lowest BCUT2D eigenvalue weighted by atomic mass is 10.0. The normalized spacial score (nSPS) is 29.3. The molecule has 22 heavy (non-hydrogen) atoms. The van der Waals surface area contributed by atoms with Gasteiger partial charge in [0.2, 0.25) is 5.60 Å². The first kappa shape index (κ1) is 17.0. The molecule has 5 heteroatoms. The smallest absolute Gasteiger partial charge is 0.350 e. The molecule has 0 aromatic carbocycles. The zero-order chi connectivity index (χ0) is 16.5. The molecular weight excluding hydrogens is 282 g/mol. The van der Waals surface area contributed by atoms with Gasteiger partial charge in [0.05, 0.1) is 0 Å². The SMILES string of the molecule is C/C=C(\C)C(=O)OC(C)(C)C(=O)OC1C[C@@H]2CCC[C@H]1N2C. The predicted octanol–water partition coefficient (Wildman–Crippen LogP) is 2.44. The molecule has 1 unspecified atom stereocenters. The highest BCUT2D eigenvalue weighted by molar-refractivity contribution is 5.91. The second-order valence-corrected chi connectivity index (χ2v) is 6.87. The third kappa shape index (κ3) is 3.35. The summed E-state index contributed by atoms with van der Waals surface area (Å²) in [6.45, 7) is 6.59. The second-order valence-electron chi connectivity index (χ2n) is 6.87. The largest absolute Gasteiger partial charge is 0.458 e. The molecule has 2 bridgehead atoms. The van der Waals surface area contributed by atoms with Gasteiger partial charge in [-0.3, -0.25) is 4.90 Å². The minimum atomic E-state index is -1.27. The number of piperidine rings is 1. The summed E-state index contributed by atoms with van der Waals surface area (Å²) < 4.78 is 11.0. The van der Waals surface area contributed by atoms with Gasteiger partial charge in [0.25, 0.3) is 0 Å². The van der Waals surface area contributed by atoms with Crippen LogP contribution in [0.4, 0.5) is 0 Å². The summed E-state index contributed by atoms with van der Waals surface area (Å²) in [6.07, 6.45) is 5.87. The van der Waals surface area contributed by atoms with Crippen LogP contribution >= 0.6 is 0 Å². The molecule has 5 nitrogen and oxygen atoms in total. The van der Waals surface area contributed by atoms with E-state index in [0.717, 1.165) is 12.8 Å². The second kappa shape index (κ2) is 6.41. The Balaban J connectivity index is 1.98. The highest BCUT2D eigenvalue weighted by atomic mass is 16.6. The van der Waals surface area contributed by atoms with Crippen LogP contribution in [-0.2, 0) is 19.1 Å². The first-order valence-electron chi connectivity index (χ1n) is 8.05. The van der Waals surface area contributed by atoms with Crippen molar-refractivity contribution in [3.63, 3.8) is 0 Å². The number of rotatable bonds is 4. The molecule has 2 rings (SSSR count). The zero-order valence-electron chi connectivity index (χ0n) is 14.2. The third-order valence-electron chi connectivity index (χ3n) is 4.92. The Morgan fingerprint density at radius 2 is 1.95 bits per heavy atom. The molecule has 2 aliphatic heterocycles. The monoisotopic (exact) mass is 309 g/mol. The number of esters is 2. The fourth-order valence-electron chi connectivity index (χ4n) is 3.28. The summed E-state index contributed by atoms with van der Waals surface area (Å²) in [5.41, 5.74) is -0.784. The predicted molar refractivity (Wildman–Crippen MR) is 83.3 cm³/mol. The lowest BCUT2D eigenvalue weighted by Crippen LogP contribution is -2.44. The number of ether oxygens (including phenoxy) is 2. The molecule has 0 amide bonds. The van der Waals surface area contributed by atoms with Gasteiger partial charge in [-0.25, -0.2) is 9.59 Å². The van der Waals surface area contributed by atoms with E-state index in [0.29, 0.717) is 17.7 Å². The fourth-order valence-corrected chi connectivity index (χ4v) is 3.28. The van der Waals surface area contributed by atoms with E-state index in [2.05, 4.69) is 11.9 Å². The minimum absolute atomic E-state index is 0.0919. The van der Waals surface area contributed by atoms with Crippen molar-refractivity contribution >= 4 is 11.9 Å². The van der Waals surface area contributed by atoms with Crippen molar-refractivity contribution in [2.24, 2.45) is 0 Å². The molecule has 3 atom stereocenters. The summed E-state index contributed by atoms with van der Waals surface area (Å²) in [6, 6.07) is 0.805. The van der Waals surface area contributed by atoms with Crippen LogP contribution in [0.2, 0.25) is 0 Å². The Hall–Kier alpha value is -1.36. The van der Waals surface area contributed by atoms with Gasteiger partial charge < -0.3 is 9.47 Å². The number of carbonyl (C=O) groups is 2. The van der Waals surface area contributed by atoms with E-state index >= 15 is 0 Å². The standard InChI is InChI=1S/C17H27NO4/c1-6-11(2)15(19)22-17(3,4)16(20)21-14-10-12-8-7-9-13(14)18(12)5/h6,12-14H,7-10H2,1-5H3/b11-6+/t12-,13+,14?/m0/s1. The van der Waals surface area contributed by atoms with Gasteiger partial charge in [0.15, 0.2) is 0 Å². The molecule has 0 radical (unpaired) electrons. The van der Waals surface area contributed by atoms with Gasteiger partial charge in [0.1, 0.15) is 6.10 Å². The average molecular weight is 309 g/mol. The molecule has 124 valence electrons. The summed E-state index contributed by atoms with van der Waals surface area (Å²) in [7, 11) is 2.10. The van der Waals surface area contributed by atoms with Crippen LogP contribution in [0, 0.1) is 0 Å². The molecule has 0 aliphatic carbocycles. The number of nitrogens with zero attached hydrogens (tertiary/aromatic N) is 1. The van der Waals surface area contributed by atoms with Crippen molar-refractivity contribution in [3.05, 3.63) is 11.6 Å². The maximum Gasteiger partial charge on any atom is 0.350 e. The number of carbonyl (C=O) groups excluding carboxylic acids is 2. The topological polar surface area (TPSA) is 55.8 Å². The first-order valence-corrected chi connectivity index (χ1v) is 8.05. The van der Waals surface area contributed by atoms with Crippen molar-refractivity contribution in [1.29, 1.82) is 0 Å². The van der Waals surface area contributed by atoms with E-state index in [-0.39, 0.29) is 6.10 Å². The number of likely N-dealkylation sites (N-methyl/N-ethyl adjacent to an activating group) is 1. The Bertz CT molecular complexity index is 483. The van der Waals surface area contributed by atoms with Crippen LogP contribution in [0.1, 0.15) is 53.4 Å². The average Bonchev–Trinajstić information content (AvgIpc) is 2.64. The van der Waals surface area contributed by atoms with Crippen molar-refractivity contribution in [2.45, 2.75) is 77.2 Å². The van der Waals surface area contributed by atoms with Crippen molar-refractivity contribution < 1.29 is 19.1 Å². The molecule has 0 aromatic rings. The maximum absolute atomic E-state index is 12.4. The third-order valence-corrected chi connectivity index (χ3v) is 4.92. The molecule has 2 fully saturated rings. The molecule has 0 saturated carbocycles. The van der Waals surface area contributed by atoms with Crippen LogP contribution < -0.4 is 0 Å². The van der Waals surface area contributed by atoms with Crippen LogP contribution in [-0.4, -0.2) is 47.7 Å². The van der Waals surface area contributed by atoms with Gasteiger partial charge in [-0.1, -0.05) is 12.5 Å². The molecule has 2 aliphatic rings. The van der Waals surface area contributed by atoms with Gasteiger partial charge in [-0.05, 0) is 47.6 Å².